The van der Waals surface area contributed by atoms with Gasteiger partial charge in [-0.3, -0.25) is 0 Å². The molecular formula is C17H22O2. The van der Waals surface area contributed by atoms with Crippen LogP contribution in [0.15, 0.2) is 35.9 Å². The highest BCUT2D eigenvalue weighted by Gasteiger charge is 2.45. The Bertz CT molecular complexity index is 516. The van der Waals surface area contributed by atoms with Gasteiger partial charge in [0.05, 0.1) is 11.7 Å². The standard InChI is InChI=1S/C17H22O2/c1-11-8-9-12-10-14(11)16(19-17(12,2)3)13-6-4-5-7-15(13)18/h4-8,12,14,16,18H,9-10H2,1-3H3/t12-,14-,16+/m0/s1. The molecule has 1 N–H and O–H groups in total. The number of phenolic OH excluding ortho intramolecular Hbond substituents is 1. The van der Waals surface area contributed by atoms with Crippen LogP contribution in [0, 0.1) is 11.8 Å². The minimum Gasteiger partial charge on any atom is -0.508 e. The van der Waals surface area contributed by atoms with Crippen molar-refractivity contribution in [1.29, 1.82) is 0 Å². The van der Waals surface area contributed by atoms with Crippen LogP contribution in [0.2, 0.25) is 0 Å². The Hall–Kier alpha value is -1.28. The minimum absolute atomic E-state index is 0.0241. The second-order valence-electron chi connectivity index (χ2n) is 6.42. The Balaban J connectivity index is 2.03. The molecule has 1 saturated heterocycles. The normalized spacial score (nSPS) is 32.8. The fourth-order valence-corrected chi connectivity index (χ4v) is 3.51. The molecule has 1 aliphatic carbocycles. The third-order valence-corrected chi connectivity index (χ3v) is 4.87. The second-order valence-corrected chi connectivity index (χ2v) is 6.42. The molecule has 0 spiro atoms. The van der Waals surface area contributed by atoms with Crippen molar-refractivity contribution in [2.45, 2.75) is 45.3 Å². The number of aromatic hydroxyl groups is 1. The van der Waals surface area contributed by atoms with Gasteiger partial charge in [-0.25, -0.2) is 0 Å². The first-order chi connectivity index (χ1) is 8.99. The van der Waals surface area contributed by atoms with E-state index in [-0.39, 0.29) is 11.7 Å². The molecule has 2 heteroatoms. The summed E-state index contributed by atoms with van der Waals surface area (Å²) < 4.78 is 6.38. The molecule has 0 aromatic heterocycles. The summed E-state index contributed by atoms with van der Waals surface area (Å²) in [5.41, 5.74) is 2.20. The maximum absolute atomic E-state index is 10.1. The van der Waals surface area contributed by atoms with Crippen LogP contribution in [0.4, 0.5) is 0 Å². The van der Waals surface area contributed by atoms with Crippen LogP contribution < -0.4 is 0 Å². The highest BCUT2D eigenvalue weighted by molar-refractivity contribution is 5.36. The molecule has 2 bridgehead atoms. The molecule has 3 rings (SSSR count). The molecule has 2 aliphatic rings. The van der Waals surface area contributed by atoms with Crippen LogP contribution in [-0.2, 0) is 4.74 Å². The van der Waals surface area contributed by atoms with E-state index in [9.17, 15) is 5.11 Å². The number of fused-ring (bicyclic) bond motifs is 2. The van der Waals surface area contributed by atoms with Gasteiger partial charge in [-0.2, -0.15) is 0 Å². The predicted octanol–water partition coefficient (Wildman–Crippen LogP) is 4.21. The molecule has 2 nitrogen and oxygen atoms in total. The average molecular weight is 258 g/mol. The van der Waals surface area contributed by atoms with Gasteiger partial charge in [0.2, 0.25) is 0 Å². The maximum Gasteiger partial charge on any atom is 0.121 e. The topological polar surface area (TPSA) is 29.5 Å². The number of benzene rings is 1. The minimum atomic E-state index is -0.124. The summed E-state index contributed by atoms with van der Waals surface area (Å²) in [5, 5.41) is 10.1. The third kappa shape index (κ3) is 2.08. The molecule has 102 valence electrons. The van der Waals surface area contributed by atoms with Gasteiger partial charge in [-0.05, 0) is 45.6 Å². The summed E-state index contributed by atoms with van der Waals surface area (Å²) in [4.78, 5) is 0. The number of hydrogen-bond acceptors (Lipinski definition) is 2. The first kappa shape index (κ1) is 12.7. The fraction of sp³-hybridized carbons (Fsp3) is 0.529. The van der Waals surface area contributed by atoms with E-state index in [0.717, 1.165) is 18.4 Å². The van der Waals surface area contributed by atoms with Crippen molar-refractivity contribution in [3.63, 3.8) is 0 Å². The Morgan fingerprint density at radius 2 is 2.00 bits per heavy atom. The Kier molecular flexibility index (Phi) is 2.94. The van der Waals surface area contributed by atoms with Gasteiger partial charge in [0, 0.05) is 11.5 Å². The lowest BCUT2D eigenvalue weighted by Crippen LogP contribution is -2.45. The van der Waals surface area contributed by atoms with Gasteiger partial charge in [0.25, 0.3) is 0 Å². The van der Waals surface area contributed by atoms with Crippen molar-refractivity contribution in [1.82, 2.24) is 0 Å². The van der Waals surface area contributed by atoms with Crippen molar-refractivity contribution in [2.75, 3.05) is 0 Å². The van der Waals surface area contributed by atoms with E-state index in [2.05, 4.69) is 26.8 Å². The van der Waals surface area contributed by atoms with E-state index >= 15 is 0 Å². The number of para-hydroxylation sites is 1. The third-order valence-electron chi connectivity index (χ3n) is 4.87. The molecular weight excluding hydrogens is 236 g/mol. The molecule has 0 saturated carbocycles. The van der Waals surface area contributed by atoms with Gasteiger partial charge >= 0.3 is 0 Å². The lowest BCUT2D eigenvalue weighted by Gasteiger charge is -2.49. The molecule has 0 amide bonds. The summed E-state index contributed by atoms with van der Waals surface area (Å²) in [7, 11) is 0. The van der Waals surface area contributed by atoms with Crippen LogP contribution in [0.3, 0.4) is 0 Å². The predicted molar refractivity (Wildman–Crippen MR) is 76.0 cm³/mol. The van der Waals surface area contributed by atoms with Gasteiger partial charge in [0.15, 0.2) is 0 Å². The highest BCUT2D eigenvalue weighted by atomic mass is 16.5. The van der Waals surface area contributed by atoms with Crippen LogP contribution in [-0.4, -0.2) is 10.7 Å². The van der Waals surface area contributed by atoms with Crippen molar-refractivity contribution in [3.8, 4) is 5.75 Å². The lowest BCUT2D eigenvalue weighted by atomic mass is 9.68. The largest absolute Gasteiger partial charge is 0.508 e. The van der Waals surface area contributed by atoms with Crippen LogP contribution in [0.25, 0.3) is 0 Å². The number of ether oxygens (including phenoxy) is 1. The molecule has 0 unspecified atom stereocenters. The molecule has 1 aromatic rings. The maximum atomic E-state index is 10.1. The summed E-state index contributed by atoms with van der Waals surface area (Å²) in [5.74, 6) is 1.34. The first-order valence-corrected chi connectivity index (χ1v) is 7.11. The zero-order chi connectivity index (χ0) is 13.6. The zero-order valence-electron chi connectivity index (χ0n) is 11.9. The average Bonchev–Trinajstić information content (AvgIpc) is 2.37. The SMILES string of the molecule is CC1=CC[C@H]2C[C@@H]1[C@@H](c1ccccc1O)OC2(C)C. The van der Waals surface area contributed by atoms with Crippen LogP contribution in [0.5, 0.6) is 5.75 Å². The Morgan fingerprint density at radius 3 is 2.74 bits per heavy atom. The summed E-state index contributed by atoms with van der Waals surface area (Å²) in [6.45, 7) is 6.54. The van der Waals surface area contributed by atoms with Gasteiger partial charge in [-0.1, -0.05) is 29.8 Å². The second kappa shape index (κ2) is 4.38. The quantitative estimate of drug-likeness (QED) is 0.764. The molecule has 19 heavy (non-hydrogen) atoms. The Labute approximate surface area is 115 Å². The fourth-order valence-electron chi connectivity index (χ4n) is 3.51. The molecule has 1 heterocycles. The number of phenols is 1. The van der Waals surface area contributed by atoms with E-state index in [1.54, 1.807) is 6.07 Å². The number of rotatable bonds is 1. The Morgan fingerprint density at radius 1 is 1.26 bits per heavy atom. The number of hydrogen-bond donors (Lipinski definition) is 1. The highest BCUT2D eigenvalue weighted by Crippen LogP contribution is 2.52. The monoisotopic (exact) mass is 258 g/mol. The van der Waals surface area contributed by atoms with Crippen LogP contribution >= 0.6 is 0 Å². The van der Waals surface area contributed by atoms with Crippen LogP contribution in [0.1, 0.15) is 45.3 Å². The summed E-state index contributed by atoms with van der Waals surface area (Å²) in [6, 6.07) is 7.57. The van der Waals surface area contributed by atoms with Gasteiger partial charge in [-0.15, -0.1) is 0 Å². The summed E-state index contributed by atoms with van der Waals surface area (Å²) in [6.07, 6.45) is 4.61. The van der Waals surface area contributed by atoms with E-state index in [4.69, 9.17) is 4.74 Å². The first-order valence-electron chi connectivity index (χ1n) is 7.11. The van der Waals surface area contributed by atoms with Crippen molar-refractivity contribution in [2.24, 2.45) is 11.8 Å². The van der Waals surface area contributed by atoms with Gasteiger partial charge in [0.1, 0.15) is 5.75 Å². The molecule has 1 fully saturated rings. The smallest absolute Gasteiger partial charge is 0.121 e. The van der Waals surface area contributed by atoms with Crippen molar-refractivity contribution < 1.29 is 9.84 Å². The molecule has 0 radical (unpaired) electrons. The van der Waals surface area contributed by atoms with Crippen molar-refractivity contribution >= 4 is 0 Å². The lowest BCUT2D eigenvalue weighted by molar-refractivity contribution is -0.167. The molecule has 1 aliphatic heterocycles. The summed E-state index contributed by atoms with van der Waals surface area (Å²) >= 11 is 0. The van der Waals surface area contributed by atoms with E-state index in [1.807, 2.05) is 18.2 Å². The van der Waals surface area contributed by atoms with E-state index in [1.165, 1.54) is 5.57 Å². The van der Waals surface area contributed by atoms with E-state index in [0.29, 0.717) is 17.6 Å². The zero-order valence-corrected chi connectivity index (χ0v) is 11.9. The molecule has 3 atom stereocenters. The van der Waals surface area contributed by atoms with E-state index < -0.39 is 0 Å². The van der Waals surface area contributed by atoms with Crippen molar-refractivity contribution in [3.05, 3.63) is 41.5 Å². The van der Waals surface area contributed by atoms with Gasteiger partial charge < -0.3 is 9.84 Å². The molecule has 1 aromatic carbocycles. The number of allylic oxidation sites excluding steroid dienone is 1.